The van der Waals surface area contributed by atoms with E-state index in [9.17, 15) is 4.79 Å². The lowest BCUT2D eigenvalue weighted by atomic mass is 10.1. The Morgan fingerprint density at radius 1 is 1.64 bits per heavy atom. The summed E-state index contributed by atoms with van der Waals surface area (Å²) >= 11 is 0. The minimum Gasteiger partial charge on any atom is -0.490 e. The largest absolute Gasteiger partial charge is 0.490 e. The van der Waals surface area contributed by atoms with E-state index in [4.69, 9.17) is 9.47 Å². The molecule has 3 nitrogen and oxygen atoms in total. The number of hydrogen-bond acceptors (Lipinski definition) is 3. The molecule has 0 amide bonds. The van der Waals surface area contributed by atoms with Crippen molar-refractivity contribution in [3.63, 3.8) is 0 Å². The molecule has 0 saturated heterocycles. The number of hydrogen-bond donors (Lipinski definition) is 0. The normalized spacial score (nSPS) is 18.3. The summed E-state index contributed by atoms with van der Waals surface area (Å²) in [6, 6.07) is 0. The molecule has 0 N–H and O–H groups in total. The van der Waals surface area contributed by atoms with Gasteiger partial charge in [0.25, 0.3) is 0 Å². The first kappa shape index (κ1) is 11.2. The molecule has 3 heteroatoms. The third-order valence-corrected chi connectivity index (χ3v) is 2.21. The summed E-state index contributed by atoms with van der Waals surface area (Å²) in [5, 5.41) is 0. The van der Waals surface area contributed by atoms with E-state index < -0.39 is 0 Å². The fourth-order valence-electron chi connectivity index (χ4n) is 1.47. The van der Waals surface area contributed by atoms with Crippen molar-refractivity contribution in [1.29, 1.82) is 0 Å². The van der Waals surface area contributed by atoms with Crippen LogP contribution in [0.4, 0.5) is 0 Å². The molecule has 0 saturated carbocycles. The van der Waals surface area contributed by atoms with Crippen LogP contribution < -0.4 is 0 Å². The van der Waals surface area contributed by atoms with Gasteiger partial charge in [-0.1, -0.05) is 6.92 Å². The maximum Gasteiger partial charge on any atom is 0.225 e. The van der Waals surface area contributed by atoms with Crippen LogP contribution in [-0.4, -0.2) is 25.1 Å². The van der Waals surface area contributed by atoms with Crippen LogP contribution in [0.15, 0.2) is 11.8 Å². The number of allylic oxidation sites excluding steroid dienone is 1. The van der Waals surface area contributed by atoms with Gasteiger partial charge in [0.1, 0.15) is 6.10 Å². The van der Waals surface area contributed by atoms with Gasteiger partial charge >= 0.3 is 0 Å². The smallest absolute Gasteiger partial charge is 0.225 e. The van der Waals surface area contributed by atoms with Crippen LogP contribution in [0.2, 0.25) is 0 Å². The summed E-state index contributed by atoms with van der Waals surface area (Å²) in [5.41, 5.74) is 0. The molecule has 0 spiro atoms. The Labute approximate surface area is 85.1 Å². The van der Waals surface area contributed by atoms with Gasteiger partial charge in [-0.15, -0.1) is 0 Å². The fourth-order valence-corrected chi connectivity index (χ4v) is 1.47. The van der Waals surface area contributed by atoms with E-state index in [1.807, 2.05) is 19.9 Å². The lowest BCUT2D eigenvalue weighted by Crippen LogP contribution is -2.27. The Hall–Kier alpha value is -0.830. The van der Waals surface area contributed by atoms with Gasteiger partial charge in [0.05, 0.1) is 6.61 Å². The van der Waals surface area contributed by atoms with Gasteiger partial charge in [-0.3, -0.25) is 4.79 Å². The quantitative estimate of drug-likeness (QED) is 0.678. The van der Waals surface area contributed by atoms with Crippen molar-refractivity contribution in [3.8, 4) is 0 Å². The standard InChI is InChI=1S/C11H18O3/c1-3-9(13-4-2)11(12)10-7-5-6-8-14-10/h7,9H,3-6,8H2,1-2H3. The van der Waals surface area contributed by atoms with Crippen LogP contribution in [0.3, 0.4) is 0 Å². The van der Waals surface area contributed by atoms with Crippen LogP contribution in [0.25, 0.3) is 0 Å². The molecule has 1 atom stereocenters. The molecule has 80 valence electrons. The second-order valence-electron chi connectivity index (χ2n) is 3.28. The Morgan fingerprint density at radius 2 is 2.43 bits per heavy atom. The van der Waals surface area contributed by atoms with Crippen LogP contribution in [0.1, 0.15) is 33.1 Å². The average Bonchev–Trinajstić information content (AvgIpc) is 2.26. The second kappa shape index (κ2) is 5.81. The minimum atomic E-state index is -0.329. The van der Waals surface area contributed by atoms with Crippen molar-refractivity contribution in [2.75, 3.05) is 13.2 Å². The van der Waals surface area contributed by atoms with E-state index in [1.54, 1.807) is 0 Å². The number of ketones is 1. The van der Waals surface area contributed by atoms with E-state index in [0.29, 0.717) is 25.4 Å². The molecule has 0 aromatic rings. The summed E-state index contributed by atoms with van der Waals surface area (Å²) in [5.74, 6) is 0.491. The van der Waals surface area contributed by atoms with Gasteiger partial charge in [0.2, 0.25) is 5.78 Å². The van der Waals surface area contributed by atoms with E-state index >= 15 is 0 Å². The molecule has 14 heavy (non-hydrogen) atoms. The fraction of sp³-hybridized carbons (Fsp3) is 0.727. The Balaban J connectivity index is 2.56. The van der Waals surface area contributed by atoms with E-state index in [-0.39, 0.29) is 11.9 Å². The number of ether oxygens (including phenoxy) is 2. The SMILES string of the molecule is CCOC(CC)C(=O)C1=CCCCO1. The van der Waals surface area contributed by atoms with E-state index in [1.165, 1.54) is 0 Å². The molecule has 0 aromatic heterocycles. The molecule has 1 rings (SSSR count). The number of carbonyl (C=O) groups is 1. The van der Waals surface area contributed by atoms with Crippen LogP contribution >= 0.6 is 0 Å². The summed E-state index contributed by atoms with van der Waals surface area (Å²) in [4.78, 5) is 11.8. The van der Waals surface area contributed by atoms with E-state index in [0.717, 1.165) is 12.8 Å². The third kappa shape index (κ3) is 2.84. The minimum absolute atomic E-state index is 0.00551. The highest BCUT2D eigenvalue weighted by atomic mass is 16.5. The third-order valence-electron chi connectivity index (χ3n) is 2.21. The molecule has 1 aliphatic heterocycles. The molecule has 0 bridgehead atoms. The van der Waals surface area contributed by atoms with Gasteiger partial charge in [-0.05, 0) is 32.3 Å². The Kier molecular flexibility index (Phi) is 4.66. The Bertz CT molecular complexity index is 221. The predicted molar refractivity (Wildman–Crippen MR) is 54.0 cm³/mol. The van der Waals surface area contributed by atoms with Gasteiger partial charge < -0.3 is 9.47 Å². The zero-order valence-corrected chi connectivity index (χ0v) is 8.91. The summed E-state index contributed by atoms with van der Waals surface area (Å²) in [6.45, 7) is 5.06. The van der Waals surface area contributed by atoms with Crippen molar-refractivity contribution in [2.45, 2.75) is 39.2 Å². The highest BCUT2D eigenvalue weighted by Crippen LogP contribution is 2.15. The summed E-state index contributed by atoms with van der Waals surface area (Å²) in [7, 11) is 0. The summed E-state index contributed by atoms with van der Waals surface area (Å²) < 4.78 is 10.6. The highest BCUT2D eigenvalue weighted by molar-refractivity contribution is 5.97. The lowest BCUT2D eigenvalue weighted by molar-refractivity contribution is -0.130. The number of Topliss-reactive ketones (excluding diaryl/α,β-unsaturated/α-hetero) is 1. The zero-order chi connectivity index (χ0) is 10.4. The first-order valence-electron chi connectivity index (χ1n) is 5.28. The number of carbonyl (C=O) groups excluding carboxylic acids is 1. The van der Waals surface area contributed by atoms with Crippen molar-refractivity contribution in [1.82, 2.24) is 0 Å². The molecular formula is C11H18O3. The van der Waals surface area contributed by atoms with Gasteiger partial charge in [-0.2, -0.15) is 0 Å². The highest BCUT2D eigenvalue weighted by Gasteiger charge is 2.22. The lowest BCUT2D eigenvalue weighted by Gasteiger charge is -2.18. The molecule has 0 radical (unpaired) electrons. The van der Waals surface area contributed by atoms with Gasteiger partial charge in [0, 0.05) is 6.61 Å². The first-order chi connectivity index (χ1) is 6.79. The van der Waals surface area contributed by atoms with Gasteiger partial charge in [0.15, 0.2) is 5.76 Å². The average molecular weight is 198 g/mol. The monoisotopic (exact) mass is 198 g/mol. The maximum atomic E-state index is 11.8. The van der Waals surface area contributed by atoms with Crippen molar-refractivity contribution >= 4 is 5.78 Å². The van der Waals surface area contributed by atoms with Crippen LogP contribution in [-0.2, 0) is 14.3 Å². The molecule has 0 fully saturated rings. The van der Waals surface area contributed by atoms with E-state index in [2.05, 4.69) is 0 Å². The van der Waals surface area contributed by atoms with Crippen LogP contribution in [0, 0.1) is 0 Å². The molecule has 0 aliphatic carbocycles. The molecule has 0 aromatic carbocycles. The van der Waals surface area contributed by atoms with Crippen LogP contribution in [0.5, 0.6) is 0 Å². The maximum absolute atomic E-state index is 11.8. The van der Waals surface area contributed by atoms with Crippen molar-refractivity contribution < 1.29 is 14.3 Å². The van der Waals surface area contributed by atoms with Crippen molar-refractivity contribution in [3.05, 3.63) is 11.8 Å². The second-order valence-corrected chi connectivity index (χ2v) is 3.28. The molecule has 1 heterocycles. The summed E-state index contributed by atoms with van der Waals surface area (Å²) in [6.07, 6.45) is 4.18. The predicted octanol–water partition coefficient (Wildman–Crippen LogP) is 2.06. The Morgan fingerprint density at radius 3 is 2.93 bits per heavy atom. The molecule has 1 aliphatic rings. The van der Waals surface area contributed by atoms with Gasteiger partial charge in [-0.25, -0.2) is 0 Å². The molecular weight excluding hydrogens is 180 g/mol. The van der Waals surface area contributed by atoms with Crippen molar-refractivity contribution in [2.24, 2.45) is 0 Å². The topological polar surface area (TPSA) is 35.5 Å². The zero-order valence-electron chi connectivity index (χ0n) is 8.91. The first-order valence-corrected chi connectivity index (χ1v) is 5.28. The molecule has 1 unspecified atom stereocenters. The number of rotatable bonds is 5.